The Hall–Kier alpha value is -3.16. The maximum absolute atomic E-state index is 13.1. The number of hydrogen-bond donors (Lipinski definition) is 1. The van der Waals surface area contributed by atoms with Gasteiger partial charge in [0.25, 0.3) is 0 Å². The summed E-state index contributed by atoms with van der Waals surface area (Å²) in [6.45, 7) is 0.704. The van der Waals surface area contributed by atoms with Gasteiger partial charge in [0.2, 0.25) is 10.0 Å². The first-order valence-corrected chi connectivity index (χ1v) is 13.4. The second-order valence-corrected chi connectivity index (χ2v) is 10.5. The molecule has 0 saturated carbocycles. The van der Waals surface area contributed by atoms with Crippen LogP contribution < -0.4 is 4.72 Å². The Kier molecular flexibility index (Phi) is 7.65. The molecule has 0 radical (unpaired) electrons. The molecule has 1 saturated heterocycles. The quantitative estimate of drug-likeness (QED) is 0.538. The van der Waals surface area contributed by atoms with E-state index in [0.717, 1.165) is 28.5 Å². The van der Waals surface area contributed by atoms with Crippen LogP contribution in [0.1, 0.15) is 24.0 Å². The van der Waals surface area contributed by atoms with Crippen molar-refractivity contribution in [3.8, 4) is 11.1 Å². The molecule has 0 aliphatic carbocycles. The van der Waals surface area contributed by atoms with Crippen molar-refractivity contribution in [3.63, 3.8) is 0 Å². The number of ether oxygens (including phenoxy) is 1. The summed E-state index contributed by atoms with van der Waals surface area (Å²) in [5.41, 5.74) is 4.14. The fourth-order valence-electron chi connectivity index (χ4n) is 4.50. The maximum atomic E-state index is 13.1. The SMILES string of the molecule is CS(=O)(=O)N[C@H]1CCCN(C(=O)OCc2ccccc2)[C@H]1Cc1cccc(-c2ccccc2)c1. The largest absolute Gasteiger partial charge is 0.445 e. The van der Waals surface area contributed by atoms with Crippen LogP contribution in [0.15, 0.2) is 84.9 Å². The van der Waals surface area contributed by atoms with Crippen molar-refractivity contribution in [1.29, 1.82) is 0 Å². The zero-order valence-electron chi connectivity index (χ0n) is 19.3. The minimum absolute atomic E-state index is 0.177. The van der Waals surface area contributed by atoms with Gasteiger partial charge < -0.3 is 9.64 Å². The lowest BCUT2D eigenvalue weighted by atomic mass is 9.90. The van der Waals surface area contributed by atoms with Gasteiger partial charge in [-0.3, -0.25) is 0 Å². The topological polar surface area (TPSA) is 75.7 Å². The molecule has 3 aromatic carbocycles. The zero-order valence-corrected chi connectivity index (χ0v) is 20.1. The molecule has 34 heavy (non-hydrogen) atoms. The van der Waals surface area contributed by atoms with Crippen LogP contribution in [0.2, 0.25) is 0 Å². The van der Waals surface area contributed by atoms with Gasteiger partial charge in [-0.2, -0.15) is 0 Å². The van der Waals surface area contributed by atoms with Gasteiger partial charge in [0.15, 0.2) is 0 Å². The third-order valence-electron chi connectivity index (χ3n) is 6.06. The first-order chi connectivity index (χ1) is 16.4. The molecule has 1 amide bonds. The number of nitrogens with one attached hydrogen (secondary N) is 1. The average Bonchev–Trinajstić information content (AvgIpc) is 2.84. The fourth-order valence-corrected chi connectivity index (χ4v) is 5.33. The molecule has 0 bridgehead atoms. The Labute approximate surface area is 201 Å². The van der Waals surface area contributed by atoms with Crippen LogP contribution in [0, 0.1) is 0 Å². The second-order valence-electron chi connectivity index (χ2n) is 8.71. The number of carbonyl (C=O) groups is 1. The van der Waals surface area contributed by atoms with Crippen LogP contribution in [-0.4, -0.2) is 44.3 Å². The molecule has 1 heterocycles. The lowest BCUT2D eigenvalue weighted by Gasteiger charge is -2.40. The van der Waals surface area contributed by atoms with Gasteiger partial charge in [-0.15, -0.1) is 0 Å². The lowest BCUT2D eigenvalue weighted by molar-refractivity contribution is 0.0599. The van der Waals surface area contributed by atoms with E-state index in [9.17, 15) is 13.2 Å². The number of benzene rings is 3. The van der Waals surface area contributed by atoms with Crippen LogP contribution in [-0.2, 0) is 27.8 Å². The zero-order chi connectivity index (χ0) is 24.0. The number of rotatable bonds is 7. The van der Waals surface area contributed by atoms with Crippen LogP contribution in [0.4, 0.5) is 4.79 Å². The molecule has 1 aliphatic heterocycles. The normalized spacial score (nSPS) is 18.4. The van der Waals surface area contributed by atoms with Crippen molar-refractivity contribution in [2.24, 2.45) is 0 Å². The minimum atomic E-state index is -3.43. The van der Waals surface area contributed by atoms with E-state index < -0.39 is 16.1 Å². The van der Waals surface area contributed by atoms with E-state index in [1.807, 2.05) is 60.7 Å². The van der Waals surface area contributed by atoms with Crippen molar-refractivity contribution in [2.45, 2.75) is 38.0 Å². The smallest absolute Gasteiger partial charge is 0.410 e. The van der Waals surface area contributed by atoms with E-state index >= 15 is 0 Å². The molecule has 0 aromatic heterocycles. The average molecular weight is 479 g/mol. The van der Waals surface area contributed by atoms with Gasteiger partial charge in [-0.1, -0.05) is 84.9 Å². The number of nitrogens with zero attached hydrogens (tertiary/aromatic N) is 1. The van der Waals surface area contributed by atoms with Crippen molar-refractivity contribution in [1.82, 2.24) is 9.62 Å². The molecule has 6 nitrogen and oxygen atoms in total. The number of hydrogen-bond acceptors (Lipinski definition) is 4. The molecule has 1 fully saturated rings. The van der Waals surface area contributed by atoms with Gasteiger partial charge in [-0.25, -0.2) is 17.9 Å². The molecular formula is C27H30N2O4S. The van der Waals surface area contributed by atoms with Gasteiger partial charge in [0, 0.05) is 12.6 Å². The summed E-state index contributed by atoms with van der Waals surface area (Å²) >= 11 is 0. The summed E-state index contributed by atoms with van der Waals surface area (Å²) in [5.74, 6) is 0. The molecule has 178 valence electrons. The third kappa shape index (κ3) is 6.46. The summed E-state index contributed by atoms with van der Waals surface area (Å²) in [4.78, 5) is 14.8. The number of carbonyl (C=O) groups excluding carboxylic acids is 1. The lowest BCUT2D eigenvalue weighted by Crippen LogP contribution is -2.57. The van der Waals surface area contributed by atoms with E-state index in [-0.39, 0.29) is 18.7 Å². The molecule has 3 aromatic rings. The molecule has 1 N–H and O–H groups in total. The van der Waals surface area contributed by atoms with E-state index in [4.69, 9.17) is 4.74 Å². The van der Waals surface area contributed by atoms with Gasteiger partial charge in [-0.05, 0) is 41.5 Å². The van der Waals surface area contributed by atoms with Crippen LogP contribution in [0.3, 0.4) is 0 Å². The minimum Gasteiger partial charge on any atom is -0.445 e. The highest BCUT2D eigenvalue weighted by Gasteiger charge is 2.36. The molecule has 2 atom stereocenters. The number of amides is 1. The van der Waals surface area contributed by atoms with E-state index in [2.05, 4.69) is 29.0 Å². The molecule has 1 aliphatic rings. The van der Waals surface area contributed by atoms with Crippen LogP contribution in [0.5, 0.6) is 0 Å². The molecular weight excluding hydrogens is 448 g/mol. The molecule has 4 rings (SSSR count). The predicted octanol–water partition coefficient (Wildman–Crippen LogP) is 4.62. The third-order valence-corrected chi connectivity index (χ3v) is 6.79. The van der Waals surface area contributed by atoms with Gasteiger partial charge >= 0.3 is 6.09 Å². The van der Waals surface area contributed by atoms with Gasteiger partial charge in [0.05, 0.1) is 12.3 Å². The first kappa shape index (κ1) is 24.0. The molecule has 7 heteroatoms. The summed E-state index contributed by atoms with van der Waals surface area (Å²) < 4.78 is 32.5. The van der Waals surface area contributed by atoms with E-state index in [1.165, 1.54) is 0 Å². The van der Waals surface area contributed by atoms with Gasteiger partial charge in [0.1, 0.15) is 6.61 Å². The highest BCUT2D eigenvalue weighted by Crippen LogP contribution is 2.26. The second kappa shape index (κ2) is 10.8. The summed E-state index contributed by atoms with van der Waals surface area (Å²) in [6.07, 6.45) is 2.63. The predicted molar refractivity (Wildman–Crippen MR) is 134 cm³/mol. The standard InChI is InChI=1S/C27H30N2O4S/c1-34(31,32)28-25-16-9-17-29(27(30)33-20-21-10-4-2-5-11-21)26(25)19-22-12-8-15-24(18-22)23-13-6-3-7-14-23/h2-8,10-15,18,25-26,28H,9,16-17,19-20H2,1H3/t25-,26-/m0/s1. The molecule has 0 spiro atoms. The number of piperidine rings is 1. The molecule has 0 unspecified atom stereocenters. The Bertz CT molecular complexity index is 1200. The van der Waals surface area contributed by atoms with Crippen molar-refractivity contribution < 1.29 is 17.9 Å². The highest BCUT2D eigenvalue weighted by atomic mass is 32.2. The first-order valence-electron chi connectivity index (χ1n) is 11.5. The Morgan fingerprint density at radius 1 is 0.941 bits per heavy atom. The number of likely N-dealkylation sites (tertiary alicyclic amines) is 1. The van der Waals surface area contributed by atoms with Crippen molar-refractivity contribution in [3.05, 3.63) is 96.1 Å². The van der Waals surface area contributed by atoms with Crippen molar-refractivity contribution >= 4 is 16.1 Å². The highest BCUT2D eigenvalue weighted by molar-refractivity contribution is 7.88. The van der Waals surface area contributed by atoms with Crippen LogP contribution >= 0.6 is 0 Å². The van der Waals surface area contributed by atoms with Crippen molar-refractivity contribution in [2.75, 3.05) is 12.8 Å². The van der Waals surface area contributed by atoms with Crippen LogP contribution in [0.25, 0.3) is 11.1 Å². The van der Waals surface area contributed by atoms with E-state index in [0.29, 0.717) is 25.8 Å². The summed E-state index contributed by atoms with van der Waals surface area (Å²) in [7, 11) is -3.43. The Morgan fingerprint density at radius 2 is 1.59 bits per heavy atom. The number of sulfonamides is 1. The Morgan fingerprint density at radius 3 is 2.29 bits per heavy atom. The van der Waals surface area contributed by atoms with E-state index in [1.54, 1.807) is 4.90 Å². The summed E-state index contributed by atoms with van der Waals surface area (Å²) in [6, 6.07) is 27.1. The fraction of sp³-hybridized carbons (Fsp3) is 0.296. The summed E-state index contributed by atoms with van der Waals surface area (Å²) in [5, 5.41) is 0. The monoisotopic (exact) mass is 478 g/mol. The maximum Gasteiger partial charge on any atom is 0.410 e. The Balaban J connectivity index is 1.56.